The minimum absolute atomic E-state index is 0.379. The molecule has 0 saturated heterocycles. The summed E-state index contributed by atoms with van der Waals surface area (Å²) in [6.07, 6.45) is 1.59. The highest BCUT2D eigenvalue weighted by Gasteiger charge is 2.06. The number of benzene rings is 1. The fourth-order valence-electron chi connectivity index (χ4n) is 1.37. The summed E-state index contributed by atoms with van der Waals surface area (Å²) < 4.78 is 5.05. The van der Waals surface area contributed by atoms with Gasteiger partial charge in [0.15, 0.2) is 0 Å². The Morgan fingerprint density at radius 1 is 1.44 bits per heavy atom. The number of aliphatic carboxylic acids is 1. The average molecular weight is 237 g/mol. The van der Waals surface area contributed by atoms with Crippen LogP contribution in [0.2, 0.25) is 5.02 Å². The third kappa shape index (κ3) is 2.06. The van der Waals surface area contributed by atoms with Gasteiger partial charge in [-0.1, -0.05) is 11.6 Å². The van der Waals surface area contributed by atoms with Crippen LogP contribution in [0, 0.1) is 0 Å². The Bertz CT molecular complexity index is 542. The lowest BCUT2D eigenvalue weighted by atomic mass is 10.2. The standard InChI is InChI=1S/C11H8ClNO3/c12-8-3-4-9(16-6-10(14)15)11-7(8)2-1-5-13-11/h1-5H,6H2,(H,14,15)/p-1. The van der Waals surface area contributed by atoms with Crippen LogP contribution < -0.4 is 9.84 Å². The molecule has 0 unspecified atom stereocenters. The van der Waals surface area contributed by atoms with Crippen molar-refractivity contribution in [3.05, 3.63) is 35.5 Å². The van der Waals surface area contributed by atoms with Crippen molar-refractivity contribution in [1.82, 2.24) is 4.98 Å². The van der Waals surface area contributed by atoms with Crippen LogP contribution in [-0.4, -0.2) is 17.6 Å². The number of pyridine rings is 1. The van der Waals surface area contributed by atoms with Crippen molar-refractivity contribution in [2.75, 3.05) is 6.61 Å². The first-order valence-electron chi connectivity index (χ1n) is 4.54. The summed E-state index contributed by atoms with van der Waals surface area (Å²) in [5.74, 6) is -0.900. The van der Waals surface area contributed by atoms with Gasteiger partial charge in [-0.3, -0.25) is 4.98 Å². The predicted octanol–water partition coefficient (Wildman–Crippen LogP) is 1.02. The van der Waals surface area contributed by atoms with E-state index in [9.17, 15) is 9.90 Å². The fourth-order valence-corrected chi connectivity index (χ4v) is 1.58. The third-order valence-electron chi connectivity index (χ3n) is 2.02. The normalized spacial score (nSPS) is 10.3. The Kier molecular flexibility index (Phi) is 2.92. The van der Waals surface area contributed by atoms with Crippen LogP contribution in [0.1, 0.15) is 0 Å². The predicted molar refractivity (Wildman–Crippen MR) is 57.3 cm³/mol. The molecule has 0 aliphatic carbocycles. The van der Waals surface area contributed by atoms with E-state index >= 15 is 0 Å². The highest BCUT2D eigenvalue weighted by molar-refractivity contribution is 6.35. The van der Waals surface area contributed by atoms with Gasteiger partial charge in [0.1, 0.15) is 17.9 Å². The Morgan fingerprint density at radius 2 is 2.25 bits per heavy atom. The van der Waals surface area contributed by atoms with Gasteiger partial charge in [0.2, 0.25) is 0 Å². The first kappa shape index (κ1) is 10.7. The SMILES string of the molecule is O=C([O-])COc1ccc(Cl)c2cccnc12. The topological polar surface area (TPSA) is 62.2 Å². The molecule has 82 valence electrons. The van der Waals surface area contributed by atoms with Gasteiger partial charge in [-0.15, -0.1) is 0 Å². The van der Waals surface area contributed by atoms with E-state index in [0.29, 0.717) is 16.3 Å². The van der Waals surface area contributed by atoms with E-state index in [0.717, 1.165) is 5.39 Å². The molecular formula is C11H7ClNO3-. The molecule has 0 spiro atoms. The van der Waals surface area contributed by atoms with Crippen LogP contribution in [0.5, 0.6) is 5.75 Å². The number of fused-ring (bicyclic) bond motifs is 1. The molecule has 0 saturated carbocycles. The Hall–Kier alpha value is -1.81. The smallest absolute Gasteiger partial charge is 0.146 e. The van der Waals surface area contributed by atoms with Crippen molar-refractivity contribution in [3.8, 4) is 5.75 Å². The lowest BCUT2D eigenvalue weighted by molar-refractivity contribution is -0.307. The molecule has 16 heavy (non-hydrogen) atoms. The quantitative estimate of drug-likeness (QED) is 0.798. The zero-order valence-electron chi connectivity index (χ0n) is 8.14. The molecule has 0 bridgehead atoms. The largest absolute Gasteiger partial charge is 0.546 e. The van der Waals surface area contributed by atoms with Crippen LogP contribution in [-0.2, 0) is 4.79 Å². The molecule has 0 N–H and O–H groups in total. The van der Waals surface area contributed by atoms with Crippen molar-refractivity contribution in [1.29, 1.82) is 0 Å². The molecule has 1 heterocycles. The number of aromatic nitrogens is 1. The third-order valence-corrected chi connectivity index (χ3v) is 2.35. The number of carboxylic acids is 1. The molecule has 0 aliphatic heterocycles. The van der Waals surface area contributed by atoms with Gasteiger partial charge in [0.25, 0.3) is 0 Å². The van der Waals surface area contributed by atoms with E-state index in [-0.39, 0.29) is 0 Å². The molecule has 5 heteroatoms. The molecule has 0 fully saturated rings. The van der Waals surface area contributed by atoms with Crippen LogP contribution in [0.25, 0.3) is 10.9 Å². The molecular weight excluding hydrogens is 230 g/mol. The first-order valence-corrected chi connectivity index (χ1v) is 4.92. The number of carboxylic acid groups (broad SMARTS) is 1. The van der Waals surface area contributed by atoms with Crippen LogP contribution in [0.4, 0.5) is 0 Å². The Morgan fingerprint density at radius 3 is 3.00 bits per heavy atom. The number of carbonyl (C=O) groups excluding carboxylic acids is 1. The fraction of sp³-hybridized carbons (Fsp3) is 0.0909. The Balaban J connectivity index is 2.46. The number of halogens is 1. The number of ether oxygens (including phenoxy) is 1. The highest BCUT2D eigenvalue weighted by Crippen LogP contribution is 2.29. The van der Waals surface area contributed by atoms with Gasteiger partial charge in [-0.25, -0.2) is 0 Å². The van der Waals surface area contributed by atoms with Crippen LogP contribution >= 0.6 is 11.6 Å². The summed E-state index contributed by atoms with van der Waals surface area (Å²) in [4.78, 5) is 14.4. The average Bonchev–Trinajstić information content (AvgIpc) is 2.28. The summed E-state index contributed by atoms with van der Waals surface area (Å²) in [7, 11) is 0. The Labute approximate surface area is 96.4 Å². The van der Waals surface area contributed by atoms with Gasteiger partial charge in [0, 0.05) is 11.6 Å². The first-order chi connectivity index (χ1) is 7.68. The maximum atomic E-state index is 10.3. The summed E-state index contributed by atoms with van der Waals surface area (Å²) >= 11 is 5.97. The lowest BCUT2D eigenvalue weighted by Gasteiger charge is -2.09. The molecule has 0 amide bonds. The second-order valence-corrected chi connectivity index (χ2v) is 3.51. The number of rotatable bonds is 3. The van der Waals surface area contributed by atoms with Crippen molar-refractivity contribution in [2.24, 2.45) is 0 Å². The number of hydrogen-bond acceptors (Lipinski definition) is 4. The van der Waals surface area contributed by atoms with E-state index in [1.165, 1.54) is 0 Å². The molecule has 4 nitrogen and oxygen atoms in total. The van der Waals surface area contributed by atoms with Gasteiger partial charge < -0.3 is 14.6 Å². The zero-order chi connectivity index (χ0) is 11.5. The van der Waals surface area contributed by atoms with Crippen molar-refractivity contribution >= 4 is 28.5 Å². The monoisotopic (exact) mass is 236 g/mol. The highest BCUT2D eigenvalue weighted by atomic mass is 35.5. The van der Waals surface area contributed by atoms with Crippen molar-refractivity contribution < 1.29 is 14.6 Å². The molecule has 2 aromatic rings. The molecule has 1 aromatic carbocycles. The molecule has 0 aliphatic rings. The van der Waals surface area contributed by atoms with E-state index in [1.54, 1.807) is 30.5 Å². The minimum Gasteiger partial charge on any atom is -0.546 e. The summed E-state index contributed by atoms with van der Waals surface area (Å²) in [6, 6.07) is 6.75. The lowest BCUT2D eigenvalue weighted by Crippen LogP contribution is -2.29. The van der Waals surface area contributed by atoms with E-state index in [1.807, 2.05) is 0 Å². The number of hydrogen-bond donors (Lipinski definition) is 0. The van der Waals surface area contributed by atoms with Crippen LogP contribution in [0.3, 0.4) is 0 Å². The summed E-state index contributed by atoms with van der Waals surface area (Å²) in [6.45, 7) is -0.507. The zero-order valence-corrected chi connectivity index (χ0v) is 8.90. The van der Waals surface area contributed by atoms with E-state index in [2.05, 4.69) is 4.98 Å². The number of nitrogens with zero attached hydrogens (tertiary/aromatic N) is 1. The molecule has 0 atom stereocenters. The second-order valence-electron chi connectivity index (χ2n) is 3.11. The van der Waals surface area contributed by atoms with Gasteiger partial charge in [0.05, 0.1) is 11.0 Å². The minimum atomic E-state index is -1.28. The van der Waals surface area contributed by atoms with E-state index < -0.39 is 12.6 Å². The summed E-state index contributed by atoms with van der Waals surface area (Å²) in [5.41, 5.74) is 0.538. The summed E-state index contributed by atoms with van der Waals surface area (Å²) in [5, 5.41) is 11.6. The van der Waals surface area contributed by atoms with Gasteiger partial charge >= 0.3 is 0 Å². The molecule has 2 rings (SSSR count). The van der Waals surface area contributed by atoms with E-state index in [4.69, 9.17) is 16.3 Å². The maximum Gasteiger partial charge on any atom is 0.146 e. The number of carbonyl (C=O) groups is 1. The molecule has 1 aromatic heterocycles. The van der Waals surface area contributed by atoms with Gasteiger partial charge in [-0.2, -0.15) is 0 Å². The van der Waals surface area contributed by atoms with Gasteiger partial charge in [-0.05, 0) is 24.3 Å². The maximum absolute atomic E-state index is 10.3. The van der Waals surface area contributed by atoms with Crippen LogP contribution in [0.15, 0.2) is 30.5 Å². The molecule has 0 radical (unpaired) electrons. The second kappa shape index (κ2) is 4.37. The van der Waals surface area contributed by atoms with Crippen molar-refractivity contribution in [3.63, 3.8) is 0 Å². The van der Waals surface area contributed by atoms with Crippen molar-refractivity contribution in [2.45, 2.75) is 0 Å².